The second-order valence-corrected chi connectivity index (χ2v) is 6.46. The Morgan fingerprint density at radius 1 is 1.00 bits per heavy atom. The topological polar surface area (TPSA) is 50.6 Å². The Hall–Kier alpha value is -2.86. The van der Waals surface area contributed by atoms with Crippen LogP contribution in [0.5, 0.6) is 5.75 Å². The number of methoxy groups -OCH3 is 1. The lowest BCUT2D eigenvalue weighted by Crippen LogP contribution is -2.47. The highest BCUT2D eigenvalue weighted by molar-refractivity contribution is 5.76. The molecule has 1 aromatic heterocycles. The Morgan fingerprint density at radius 2 is 1.73 bits per heavy atom. The van der Waals surface area contributed by atoms with Crippen molar-refractivity contribution in [3.8, 4) is 5.75 Å². The predicted molar refractivity (Wildman–Crippen MR) is 103 cm³/mol. The van der Waals surface area contributed by atoms with Crippen molar-refractivity contribution in [2.45, 2.75) is 6.67 Å². The van der Waals surface area contributed by atoms with E-state index in [0.717, 1.165) is 43.1 Å². The Bertz CT molecular complexity index is 961. The number of nitrogens with zero attached hydrogens (tertiary/aromatic N) is 4. The van der Waals surface area contributed by atoms with E-state index in [2.05, 4.69) is 20.9 Å². The minimum atomic E-state index is 0.0164. The fraction of sp³-hybridized carbons (Fsp3) is 0.300. The van der Waals surface area contributed by atoms with Crippen molar-refractivity contribution in [1.82, 2.24) is 14.5 Å². The minimum Gasteiger partial charge on any atom is -0.495 e. The molecule has 2 aromatic carbocycles. The maximum absolute atomic E-state index is 12.6. The first kappa shape index (κ1) is 16.6. The molecule has 1 fully saturated rings. The fourth-order valence-electron chi connectivity index (χ4n) is 3.44. The summed E-state index contributed by atoms with van der Waals surface area (Å²) >= 11 is 0. The number of para-hydroxylation sites is 3. The SMILES string of the molecule is COc1ccccc1N1CCN(Cn2cnc3ccccc3c2=O)CC1. The zero-order valence-corrected chi connectivity index (χ0v) is 14.8. The maximum atomic E-state index is 12.6. The summed E-state index contributed by atoms with van der Waals surface area (Å²) in [6.07, 6.45) is 1.65. The number of anilines is 1. The van der Waals surface area contributed by atoms with Crippen LogP contribution >= 0.6 is 0 Å². The van der Waals surface area contributed by atoms with Gasteiger partial charge in [-0.3, -0.25) is 14.3 Å². The molecular formula is C20H22N4O2. The van der Waals surface area contributed by atoms with Crippen molar-refractivity contribution in [1.29, 1.82) is 0 Å². The van der Waals surface area contributed by atoms with Gasteiger partial charge in [0.1, 0.15) is 5.75 Å². The lowest BCUT2D eigenvalue weighted by atomic mass is 10.2. The molecule has 1 saturated heterocycles. The van der Waals surface area contributed by atoms with Crippen LogP contribution in [0.2, 0.25) is 0 Å². The molecule has 26 heavy (non-hydrogen) atoms. The van der Waals surface area contributed by atoms with Crippen molar-refractivity contribution in [3.05, 3.63) is 65.2 Å². The zero-order chi connectivity index (χ0) is 17.9. The first-order valence-electron chi connectivity index (χ1n) is 8.81. The van der Waals surface area contributed by atoms with Crippen molar-refractivity contribution in [2.75, 3.05) is 38.2 Å². The van der Waals surface area contributed by atoms with E-state index in [0.29, 0.717) is 12.1 Å². The molecule has 0 unspecified atom stereocenters. The van der Waals surface area contributed by atoms with Gasteiger partial charge in [-0.05, 0) is 24.3 Å². The van der Waals surface area contributed by atoms with Crippen molar-refractivity contribution < 1.29 is 4.74 Å². The molecule has 0 saturated carbocycles. The molecule has 0 N–H and O–H groups in total. The third-order valence-corrected chi connectivity index (χ3v) is 4.88. The molecular weight excluding hydrogens is 328 g/mol. The smallest absolute Gasteiger partial charge is 0.262 e. The van der Waals surface area contributed by atoms with Crippen LogP contribution in [-0.2, 0) is 6.67 Å². The van der Waals surface area contributed by atoms with Crippen LogP contribution in [0.15, 0.2) is 59.7 Å². The summed E-state index contributed by atoms with van der Waals surface area (Å²) in [5.74, 6) is 0.899. The highest BCUT2D eigenvalue weighted by Crippen LogP contribution is 2.28. The molecule has 0 aliphatic carbocycles. The third-order valence-electron chi connectivity index (χ3n) is 4.88. The van der Waals surface area contributed by atoms with Gasteiger partial charge in [0.05, 0.1) is 36.7 Å². The quantitative estimate of drug-likeness (QED) is 0.722. The van der Waals surface area contributed by atoms with E-state index in [-0.39, 0.29) is 5.56 Å². The van der Waals surface area contributed by atoms with Gasteiger partial charge in [0.15, 0.2) is 0 Å². The number of aromatic nitrogens is 2. The Labute approximate surface area is 152 Å². The minimum absolute atomic E-state index is 0.0164. The summed E-state index contributed by atoms with van der Waals surface area (Å²) in [4.78, 5) is 21.7. The van der Waals surface area contributed by atoms with Gasteiger partial charge in [-0.2, -0.15) is 0 Å². The molecule has 134 valence electrons. The summed E-state index contributed by atoms with van der Waals surface area (Å²) in [7, 11) is 1.70. The van der Waals surface area contributed by atoms with Crippen LogP contribution in [-0.4, -0.2) is 47.7 Å². The molecule has 0 amide bonds. The van der Waals surface area contributed by atoms with Gasteiger partial charge >= 0.3 is 0 Å². The summed E-state index contributed by atoms with van der Waals surface area (Å²) in [6.45, 7) is 4.14. The lowest BCUT2D eigenvalue weighted by Gasteiger charge is -2.36. The number of benzene rings is 2. The monoisotopic (exact) mass is 350 g/mol. The van der Waals surface area contributed by atoms with Gasteiger partial charge in [-0.25, -0.2) is 4.98 Å². The van der Waals surface area contributed by atoms with Crippen LogP contribution < -0.4 is 15.2 Å². The molecule has 0 spiro atoms. The first-order valence-corrected chi connectivity index (χ1v) is 8.81. The van der Waals surface area contributed by atoms with E-state index in [4.69, 9.17) is 4.74 Å². The third kappa shape index (κ3) is 3.15. The van der Waals surface area contributed by atoms with E-state index in [1.807, 2.05) is 42.5 Å². The number of piperazine rings is 1. The summed E-state index contributed by atoms with van der Waals surface area (Å²) in [5, 5.41) is 0.669. The molecule has 6 heteroatoms. The van der Waals surface area contributed by atoms with E-state index in [1.54, 1.807) is 18.0 Å². The Kier molecular flexibility index (Phi) is 4.58. The van der Waals surface area contributed by atoms with Gasteiger partial charge in [-0.1, -0.05) is 24.3 Å². The van der Waals surface area contributed by atoms with Crippen LogP contribution in [0.25, 0.3) is 10.9 Å². The summed E-state index contributed by atoms with van der Waals surface area (Å²) in [6, 6.07) is 15.6. The summed E-state index contributed by atoms with van der Waals surface area (Å²) in [5.41, 5.74) is 1.89. The molecule has 0 bridgehead atoms. The maximum Gasteiger partial charge on any atom is 0.262 e. The Balaban J connectivity index is 1.46. The second kappa shape index (κ2) is 7.17. The molecule has 1 aliphatic rings. The molecule has 4 rings (SSSR count). The predicted octanol–water partition coefficient (Wildman–Crippen LogP) is 2.18. The molecule has 1 aliphatic heterocycles. The van der Waals surface area contributed by atoms with Crippen LogP contribution in [0.1, 0.15) is 0 Å². The van der Waals surface area contributed by atoms with Gasteiger partial charge in [0.25, 0.3) is 5.56 Å². The number of hydrogen-bond acceptors (Lipinski definition) is 5. The van der Waals surface area contributed by atoms with Crippen LogP contribution in [0.4, 0.5) is 5.69 Å². The first-order chi connectivity index (χ1) is 12.8. The number of fused-ring (bicyclic) bond motifs is 1. The van der Waals surface area contributed by atoms with Gasteiger partial charge in [-0.15, -0.1) is 0 Å². The van der Waals surface area contributed by atoms with Crippen molar-refractivity contribution >= 4 is 16.6 Å². The zero-order valence-electron chi connectivity index (χ0n) is 14.8. The Morgan fingerprint density at radius 3 is 2.54 bits per heavy atom. The van der Waals surface area contributed by atoms with Crippen molar-refractivity contribution in [3.63, 3.8) is 0 Å². The van der Waals surface area contributed by atoms with Gasteiger partial charge in [0.2, 0.25) is 0 Å². The molecule has 3 aromatic rings. The molecule has 0 atom stereocenters. The largest absolute Gasteiger partial charge is 0.495 e. The molecule has 6 nitrogen and oxygen atoms in total. The number of rotatable bonds is 4. The van der Waals surface area contributed by atoms with Crippen LogP contribution in [0.3, 0.4) is 0 Å². The van der Waals surface area contributed by atoms with E-state index in [1.165, 1.54) is 0 Å². The molecule has 0 radical (unpaired) electrons. The average molecular weight is 350 g/mol. The highest BCUT2D eigenvalue weighted by atomic mass is 16.5. The normalized spacial score (nSPS) is 15.3. The molecule has 2 heterocycles. The van der Waals surface area contributed by atoms with E-state index in [9.17, 15) is 4.79 Å². The van der Waals surface area contributed by atoms with Gasteiger partial charge < -0.3 is 9.64 Å². The van der Waals surface area contributed by atoms with E-state index < -0.39 is 0 Å². The number of hydrogen-bond donors (Lipinski definition) is 0. The highest BCUT2D eigenvalue weighted by Gasteiger charge is 2.20. The summed E-state index contributed by atoms with van der Waals surface area (Å²) < 4.78 is 7.16. The number of ether oxygens (including phenoxy) is 1. The second-order valence-electron chi connectivity index (χ2n) is 6.46. The standard InChI is InChI=1S/C20H22N4O2/c1-26-19-9-5-4-8-18(19)23-12-10-22(11-13-23)15-24-14-21-17-7-3-2-6-16(17)20(24)25/h2-9,14H,10-13,15H2,1H3. The van der Waals surface area contributed by atoms with E-state index >= 15 is 0 Å². The fourth-order valence-corrected chi connectivity index (χ4v) is 3.44. The lowest BCUT2D eigenvalue weighted by molar-refractivity contribution is 0.202. The van der Waals surface area contributed by atoms with Gasteiger partial charge in [0, 0.05) is 26.2 Å². The van der Waals surface area contributed by atoms with Crippen molar-refractivity contribution in [2.24, 2.45) is 0 Å². The average Bonchev–Trinajstić information content (AvgIpc) is 2.71. The van der Waals surface area contributed by atoms with Crippen LogP contribution in [0, 0.1) is 0 Å².